The van der Waals surface area contributed by atoms with Gasteiger partial charge in [-0.2, -0.15) is 5.10 Å². The maximum atomic E-state index is 11.2. The van der Waals surface area contributed by atoms with Crippen LogP contribution < -0.4 is 5.73 Å². The molecule has 0 amide bonds. The molecule has 0 saturated heterocycles. The predicted molar refractivity (Wildman–Crippen MR) is 64.5 cm³/mol. The number of esters is 1. The molecule has 2 heterocycles. The average Bonchev–Trinajstić information content (AvgIpc) is 2.71. The van der Waals surface area contributed by atoms with E-state index in [0.29, 0.717) is 11.3 Å². The first-order valence-electron chi connectivity index (χ1n) is 5.01. The SMILES string of the molecule is Nc1nn(CC(=O)OCCl)cc1-c1ccncn1. The molecule has 0 radical (unpaired) electrons. The number of halogens is 1. The van der Waals surface area contributed by atoms with Gasteiger partial charge in [-0.05, 0) is 6.07 Å². The fraction of sp³-hybridized carbons (Fsp3) is 0.200. The minimum absolute atomic E-state index is 0.0536. The highest BCUT2D eigenvalue weighted by Crippen LogP contribution is 2.21. The highest BCUT2D eigenvalue weighted by Gasteiger charge is 2.11. The summed E-state index contributed by atoms with van der Waals surface area (Å²) in [5, 5.41) is 4.00. The molecule has 0 aliphatic heterocycles. The first-order valence-corrected chi connectivity index (χ1v) is 5.55. The van der Waals surface area contributed by atoms with Crippen LogP contribution >= 0.6 is 11.6 Å². The number of carbonyl (C=O) groups excluding carboxylic acids is 1. The van der Waals surface area contributed by atoms with E-state index in [1.54, 1.807) is 18.5 Å². The van der Waals surface area contributed by atoms with E-state index in [4.69, 9.17) is 17.3 Å². The molecule has 0 aliphatic rings. The Morgan fingerprint density at radius 2 is 2.39 bits per heavy atom. The van der Waals surface area contributed by atoms with Crippen LogP contribution in [0.2, 0.25) is 0 Å². The first kappa shape index (κ1) is 12.3. The Morgan fingerprint density at radius 3 is 3.06 bits per heavy atom. The van der Waals surface area contributed by atoms with Crippen molar-refractivity contribution in [2.45, 2.75) is 6.54 Å². The zero-order chi connectivity index (χ0) is 13.0. The number of hydrogen-bond donors (Lipinski definition) is 1. The Balaban J connectivity index is 2.20. The molecule has 18 heavy (non-hydrogen) atoms. The summed E-state index contributed by atoms with van der Waals surface area (Å²) in [5.74, 6) is -0.200. The summed E-state index contributed by atoms with van der Waals surface area (Å²) in [6, 6.07) is 1.52. The summed E-state index contributed by atoms with van der Waals surface area (Å²) in [6.45, 7) is -0.0536. The minimum Gasteiger partial charge on any atom is -0.448 e. The van der Waals surface area contributed by atoms with Crippen molar-refractivity contribution in [1.29, 1.82) is 0 Å². The lowest BCUT2D eigenvalue weighted by atomic mass is 10.2. The van der Waals surface area contributed by atoms with Crippen LogP contribution in [0.15, 0.2) is 24.8 Å². The van der Waals surface area contributed by atoms with Crippen molar-refractivity contribution in [3.63, 3.8) is 0 Å². The second-order valence-electron chi connectivity index (χ2n) is 3.35. The number of rotatable bonds is 4. The smallest absolute Gasteiger partial charge is 0.328 e. The number of ether oxygens (including phenoxy) is 1. The molecule has 94 valence electrons. The largest absolute Gasteiger partial charge is 0.448 e. The number of alkyl halides is 1. The molecule has 0 aromatic carbocycles. The molecule has 0 atom stereocenters. The number of anilines is 1. The normalized spacial score (nSPS) is 10.3. The molecule has 0 aliphatic carbocycles. The number of aromatic nitrogens is 4. The minimum atomic E-state index is -0.485. The van der Waals surface area contributed by atoms with E-state index in [9.17, 15) is 4.79 Å². The maximum absolute atomic E-state index is 11.2. The van der Waals surface area contributed by atoms with Gasteiger partial charge >= 0.3 is 5.97 Å². The van der Waals surface area contributed by atoms with Crippen LogP contribution in [-0.2, 0) is 16.1 Å². The highest BCUT2D eigenvalue weighted by molar-refractivity contribution is 6.17. The van der Waals surface area contributed by atoms with Gasteiger partial charge in [-0.1, -0.05) is 11.6 Å². The third-order valence-corrected chi connectivity index (χ3v) is 2.26. The molecule has 2 aromatic rings. The summed E-state index contributed by atoms with van der Waals surface area (Å²) in [6.07, 6.45) is 4.63. The van der Waals surface area contributed by atoms with Crippen LogP contribution in [0.1, 0.15) is 0 Å². The van der Waals surface area contributed by atoms with E-state index in [0.717, 1.165) is 0 Å². The Kier molecular flexibility index (Phi) is 3.73. The summed E-state index contributed by atoms with van der Waals surface area (Å²) in [7, 11) is 0. The molecule has 0 bridgehead atoms. The third-order valence-electron chi connectivity index (χ3n) is 2.15. The Hall–Kier alpha value is -2.15. The Bertz CT molecular complexity index is 542. The van der Waals surface area contributed by atoms with Crippen LogP contribution in [0.4, 0.5) is 5.82 Å². The van der Waals surface area contributed by atoms with Gasteiger partial charge in [0.05, 0.1) is 11.3 Å². The van der Waals surface area contributed by atoms with Crippen molar-refractivity contribution in [2.24, 2.45) is 0 Å². The second-order valence-corrected chi connectivity index (χ2v) is 3.56. The topological polar surface area (TPSA) is 95.9 Å². The molecule has 0 saturated carbocycles. The zero-order valence-corrected chi connectivity index (χ0v) is 10.0. The van der Waals surface area contributed by atoms with Gasteiger partial charge in [-0.15, -0.1) is 0 Å². The molecule has 2 N–H and O–H groups in total. The molecule has 0 fully saturated rings. The van der Waals surface area contributed by atoms with Crippen LogP contribution in [-0.4, -0.2) is 31.8 Å². The van der Waals surface area contributed by atoms with E-state index >= 15 is 0 Å². The van der Waals surface area contributed by atoms with Crippen LogP contribution in [0.5, 0.6) is 0 Å². The van der Waals surface area contributed by atoms with Gasteiger partial charge in [-0.25, -0.2) is 9.97 Å². The summed E-state index contributed by atoms with van der Waals surface area (Å²) in [5.41, 5.74) is 7.03. The van der Waals surface area contributed by atoms with E-state index in [1.165, 1.54) is 11.0 Å². The van der Waals surface area contributed by atoms with Crippen molar-refractivity contribution in [2.75, 3.05) is 11.8 Å². The summed E-state index contributed by atoms with van der Waals surface area (Å²) in [4.78, 5) is 19.1. The monoisotopic (exact) mass is 267 g/mol. The van der Waals surface area contributed by atoms with Crippen molar-refractivity contribution in [3.8, 4) is 11.3 Å². The quantitative estimate of drug-likeness (QED) is 0.646. The molecule has 0 spiro atoms. The van der Waals surface area contributed by atoms with Crippen LogP contribution in [0.3, 0.4) is 0 Å². The number of nitrogens with two attached hydrogens (primary N) is 1. The average molecular weight is 268 g/mol. The first-order chi connectivity index (χ1) is 8.70. The molecule has 0 unspecified atom stereocenters. The van der Waals surface area contributed by atoms with Crippen molar-refractivity contribution >= 4 is 23.4 Å². The number of nitrogens with zero attached hydrogens (tertiary/aromatic N) is 4. The van der Waals surface area contributed by atoms with E-state index in [2.05, 4.69) is 19.8 Å². The van der Waals surface area contributed by atoms with Crippen LogP contribution in [0, 0.1) is 0 Å². The van der Waals surface area contributed by atoms with Crippen molar-refractivity contribution in [3.05, 3.63) is 24.8 Å². The van der Waals surface area contributed by atoms with Crippen LogP contribution in [0.25, 0.3) is 11.3 Å². The fourth-order valence-corrected chi connectivity index (χ4v) is 1.53. The standard InChI is InChI=1S/C10H10ClN5O2/c11-5-18-9(17)4-16-3-7(10(12)15-16)8-1-2-13-6-14-8/h1-3,6H,4-5H2,(H2,12,15). The number of hydrogen-bond acceptors (Lipinski definition) is 6. The summed E-state index contributed by atoms with van der Waals surface area (Å²) >= 11 is 5.28. The number of carbonyl (C=O) groups is 1. The van der Waals surface area contributed by atoms with Crippen molar-refractivity contribution in [1.82, 2.24) is 19.7 Å². The highest BCUT2D eigenvalue weighted by atomic mass is 35.5. The van der Waals surface area contributed by atoms with Gasteiger partial charge in [0.2, 0.25) is 0 Å². The predicted octanol–water partition coefficient (Wildman–Crippen LogP) is 0.662. The second kappa shape index (κ2) is 5.46. The zero-order valence-electron chi connectivity index (χ0n) is 9.28. The molecule has 2 aromatic heterocycles. The lowest BCUT2D eigenvalue weighted by Crippen LogP contribution is -2.13. The van der Waals surface area contributed by atoms with Gasteiger partial charge in [0.15, 0.2) is 11.9 Å². The van der Waals surface area contributed by atoms with Gasteiger partial charge in [0.25, 0.3) is 0 Å². The van der Waals surface area contributed by atoms with E-state index < -0.39 is 5.97 Å². The Morgan fingerprint density at radius 1 is 1.56 bits per heavy atom. The Labute approximate surface area is 108 Å². The lowest BCUT2D eigenvalue weighted by Gasteiger charge is -1.99. The van der Waals surface area contributed by atoms with Gasteiger partial charge < -0.3 is 10.5 Å². The van der Waals surface area contributed by atoms with E-state index in [-0.39, 0.29) is 18.4 Å². The van der Waals surface area contributed by atoms with Gasteiger partial charge in [0, 0.05) is 12.4 Å². The molecular formula is C10H10ClN5O2. The lowest BCUT2D eigenvalue weighted by molar-refractivity contribution is -0.142. The third kappa shape index (κ3) is 2.75. The summed E-state index contributed by atoms with van der Waals surface area (Å²) < 4.78 is 5.98. The van der Waals surface area contributed by atoms with Gasteiger partial charge in [0.1, 0.15) is 12.9 Å². The molecule has 7 nitrogen and oxygen atoms in total. The van der Waals surface area contributed by atoms with E-state index in [1.807, 2.05) is 0 Å². The van der Waals surface area contributed by atoms with Crippen molar-refractivity contribution < 1.29 is 9.53 Å². The number of nitrogen functional groups attached to an aromatic ring is 1. The molecule has 2 rings (SSSR count). The maximum Gasteiger partial charge on any atom is 0.328 e. The fourth-order valence-electron chi connectivity index (χ4n) is 1.40. The molecule has 8 heteroatoms. The molecular weight excluding hydrogens is 258 g/mol. The van der Waals surface area contributed by atoms with Gasteiger partial charge in [-0.3, -0.25) is 9.48 Å².